The summed E-state index contributed by atoms with van der Waals surface area (Å²) in [5, 5.41) is 8.49. The van der Waals surface area contributed by atoms with Crippen LogP contribution in [0.25, 0.3) is 27.5 Å². The Kier molecular flexibility index (Phi) is 2.41. The molecule has 0 bridgehead atoms. The number of H-pyrrole nitrogens is 1. The lowest BCUT2D eigenvalue weighted by Crippen LogP contribution is -2.22. The topological polar surface area (TPSA) is 63.6 Å². The number of aromatic amines is 1. The SMILES string of the molecule is Cc1nc2ccccc2c(=O)n1-c1ccc2[nH]ncc2c1. The van der Waals surface area contributed by atoms with Gasteiger partial charge in [0.25, 0.3) is 5.56 Å². The normalized spacial score (nSPS) is 11.3. The monoisotopic (exact) mass is 276 g/mol. The maximum absolute atomic E-state index is 12.7. The largest absolute Gasteiger partial charge is 0.278 e. The molecule has 0 radical (unpaired) electrons. The molecule has 0 amide bonds. The van der Waals surface area contributed by atoms with Gasteiger partial charge in [-0.25, -0.2) is 4.98 Å². The highest BCUT2D eigenvalue weighted by molar-refractivity contribution is 5.81. The van der Waals surface area contributed by atoms with Crippen LogP contribution in [0.1, 0.15) is 5.82 Å². The van der Waals surface area contributed by atoms with Crippen LogP contribution in [0.3, 0.4) is 0 Å². The van der Waals surface area contributed by atoms with E-state index in [1.165, 1.54) is 0 Å². The van der Waals surface area contributed by atoms with Crippen LogP contribution in [0.4, 0.5) is 0 Å². The third-order valence-corrected chi connectivity index (χ3v) is 3.63. The molecule has 0 spiro atoms. The Bertz CT molecular complexity index is 1030. The predicted molar refractivity (Wildman–Crippen MR) is 81.7 cm³/mol. The van der Waals surface area contributed by atoms with Gasteiger partial charge in [0, 0.05) is 5.39 Å². The van der Waals surface area contributed by atoms with Gasteiger partial charge in [0.15, 0.2) is 0 Å². The second kappa shape index (κ2) is 4.28. The molecular formula is C16H12N4O. The second-order valence-electron chi connectivity index (χ2n) is 4.96. The van der Waals surface area contributed by atoms with E-state index >= 15 is 0 Å². The van der Waals surface area contributed by atoms with Crippen molar-refractivity contribution in [1.29, 1.82) is 0 Å². The number of nitrogens with one attached hydrogen (secondary N) is 1. The summed E-state index contributed by atoms with van der Waals surface area (Å²) in [6.07, 6.45) is 1.74. The summed E-state index contributed by atoms with van der Waals surface area (Å²) in [6, 6.07) is 13.1. The van der Waals surface area contributed by atoms with Gasteiger partial charge >= 0.3 is 0 Å². The van der Waals surface area contributed by atoms with Crippen molar-refractivity contribution in [3.05, 3.63) is 64.8 Å². The number of hydrogen-bond acceptors (Lipinski definition) is 3. The first-order valence-corrected chi connectivity index (χ1v) is 6.66. The summed E-state index contributed by atoms with van der Waals surface area (Å²) in [5.74, 6) is 0.668. The van der Waals surface area contributed by atoms with Crippen molar-refractivity contribution in [3.8, 4) is 5.69 Å². The highest BCUT2D eigenvalue weighted by Crippen LogP contribution is 2.17. The molecule has 0 saturated carbocycles. The molecule has 2 aromatic carbocycles. The van der Waals surface area contributed by atoms with E-state index in [9.17, 15) is 4.79 Å². The van der Waals surface area contributed by atoms with Crippen molar-refractivity contribution in [1.82, 2.24) is 19.7 Å². The minimum Gasteiger partial charge on any atom is -0.278 e. The lowest BCUT2D eigenvalue weighted by Gasteiger charge is -2.10. The van der Waals surface area contributed by atoms with Crippen LogP contribution in [-0.2, 0) is 0 Å². The standard InChI is InChI=1S/C16H12N4O/c1-10-18-15-5-3-2-4-13(15)16(21)20(10)12-6-7-14-11(8-12)9-17-19-14/h2-9H,1H3,(H,17,19). The molecule has 21 heavy (non-hydrogen) atoms. The van der Waals surface area contributed by atoms with E-state index in [0.29, 0.717) is 11.2 Å². The summed E-state index contributed by atoms with van der Waals surface area (Å²) < 4.78 is 1.63. The number of aromatic nitrogens is 4. The number of hydrogen-bond donors (Lipinski definition) is 1. The molecular weight excluding hydrogens is 264 g/mol. The summed E-state index contributed by atoms with van der Waals surface area (Å²) in [6.45, 7) is 1.84. The van der Waals surface area contributed by atoms with E-state index in [2.05, 4.69) is 15.2 Å². The molecule has 0 aliphatic carbocycles. The third kappa shape index (κ3) is 1.74. The van der Waals surface area contributed by atoms with Crippen molar-refractivity contribution >= 4 is 21.8 Å². The lowest BCUT2D eigenvalue weighted by molar-refractivity contribution is 0.896. The molecule has 2 aromatic heterocycles. The smallest absolute Gasteiger partial charge is 0.265 e. The first-order chi connectivity index (χ1) is 10.2. The van der Waals surface area contributed by atoms with Gasteiger partial charge in [-0.1, -0.05) is 12.1 Å². The van der Waals surface area contributed by atoms with E-state index < -0.39 is 0 Å². The second-order valence-corrected chi connectivity index (χ2v) is 4.96. The van der Waals surface area contributed by atoms with Gasteiger partial charge in [-0.05, 0) is 37.3 Å². The van der Waals surface area contributed by atoms with Gasteiger partial charge in [0.1, 0.15) is 5.82 Å². The number of fused-ring (bicyclic) bond motifs is 2. The van der Waals surface area contributed by atoms with Crippen molar-refractivity contribution in [2.75, 3.05) is 0 Å². The Labute approximate surface area is 119 Å². The maximum Gasteiger partial charge on any atom is 0.265 e. The van der Waals surface area contributed by atoms with Gasteiger partial charge in [-0.15, -0.1) is 0 Å². The summed E-state index contributed by atoms with van der Waals surface area (Å²) in [4.78, 5) is 17.2. The van der Waals surface area contributed by atoms with Gasteiger partial charge in [-0.3, -0.25) is 14.5 Å². The van der Waals surface area contributed by atoms with E-state index in [4.69, 9.17) is 0 Å². The molecule has 1 N–H and O–H groups in total. The van der Waals surface area contributed by atoms with E-state index in [0.717, 1.165) is 22.1 Å². The average molecular weight is 276 g/mol. The van der Waals surface area contributed by atoms with Crippen LogP contribution >= 0.6 is 0 Å². The Morgan fingerprint density at radius 1 is 1.14 bits per heavy atom. The van der Waals surface area contributed by atoms with Crippen LogP contribution in [0.15, 0.2) is 53.5 Å². The highest BCUT2D eigenvalue weighted by Gasteiger charge is 2.10. The number of benzene rings is 2. The fourth-order valence-electron chi connectivity index (χ4n) is 2.62. The molecule has 102 valence electrons. The van der Waals surface area contributed by atoms with Crippen molar-refractivity contribution in [2.24, 2.45) is 0 Å². The lowest BCUT2D eigenvalue weighted by atomic mass is 10.2. The first kappa shape index (κ1) is 11.8. The third-order valence-electron chi connectivity index (χ3n) is 3.63. The average Bonchev–Trinajstić information content (AvgIpc) is 2.95. The molecule has 0 aliphatic rings. The van der Waals surface area contributed by atoms with Crippen LogP contribution in [0.2, 0.25) is 0 Å². The van der Waals surface area contributed by atoms with Crippen LogP contribution < -0.4 is 5.56 Å². The molecule has 0 saturated heterocycles. The molecule has 0 unspecified atom stereocenters. The molecule has 5 heteroatoms. The Morgan fingerprint density at radius 2 is 2.00 bits per heavy atom. The molecule has 5 nitrogen and oxygen atoms in total. The number of aryl methyl sites for hydroxylation is 1. The fraction of sp³-hybridized carbons (Fsp3) is 0.0625. The molecule has 4 aromatic rings. The van der Waals surface area contributed by atoms with E-state index in [1.54, 1.807) is 16.8 Å². The molecule has 4 rings (SSSR count). The van der Waals surface area contributed by atoms with Gasteiger partial charge < -0.3 is 0 Å². The molecule has 0 aliphatic heterocycles. The Balaban J connectivity index is 2.07. The zero-order valence-corrected chi connectivity index (χ0v) is 11.4. The quantitative estimate of drug-likeness (QED) is 0.581. The zero-order valence-electron chi connectivity index (χ0n) is 11.4. The molecule has 0 atom stereocenters. The van der Waals surface area contributed by atoms with Crippen LogP contribution in [-0.4, -0.2) is 19.7 Å². The Hall–Kier alpha value is -2.95. The molecule has 0 fully saturated rings. The predicted octanol–water partition coefficient (Wildman–Crippen LogP) is 2.57. The van der Waals surface area contributed by atoms with Crippen LogP contribution in [0, 0.1) is 6.92 Å². The molecule has 2 heterocycles. The van der Waals surface area contributed by atoms with E-state index in [-0.39, 0.29) is 5.56 Å². The minimum atomic E-state index is -0.0547. The van der Waals surface area contributed by atoms with Crippen molar-refractivity contribution < 1.29 is 0 Å². The summed E-state index contributed by atoms with van der Waals surface area (Å²) in [5.41, 5.74) is 2.41. The number of para-hydroxylation sites is 1. The minimum absolute atomic E-state index is 0.0547. The van der Waals surface area contributed by atoms with Gasteiger partial charge in [0.2, 0.25) is 0 Å². The van der Waals surface area contributed by atoms with Crippen molar-refractivity contribution in [2.45, 2.75) is 6.92 Å². The number of nitrogens with zero attached hydrogens (tertiary/aromatic N) is 3. The Morgan fingerprint density at radius 3 is 2.90 bits per heavy atom. The van der Waals surface area contributed by atoms with Crippen molar-refractivity contribution in [3.63, 3.8) is 0 Å². The number of rotatable bonds is 1. The maximum atomic E-state index is 12.7. The zero-order chi connectivity index (χ0) is 14.4. The van der Waals surface area contributed by atoms with Gasteiger partial charge in [0.05, 0.1) is 28.3 Å². The highest BCUT2D eigenvalue weighted by atomic mass is 16.1. The fourth-order valence-corrected chi connectivity index (χ4v) is 2.62. The first-order valence-electron chi connectivity index (χ1n) is 6.66. The van der Waals surface area contributed by atoms with Crippen LogP contribution in [0.5, 0.6) is 0 Å². The summed E-state index contributed by atoms with van der Waals surface area (Å²) >= 11 is 0. The van der Waals surface area contributed by atoms with Gasteiger partial charge in [-0.2, -0.15) is 5.10 Å². The summed E-state index contributed by atoms with van der Waals surface area (Å²) in [7, 11) is 0. The van der Waals surface area contributed by atoms with E-state index in [1.807, 2.05) is 43.3 Å².